The molecule has 20 heavy (non-hydrogen) atoms. The maximum atomic E-state index is 9.12. The molecule has 1 nitrogen and oxygen atoms in total. The molecule has 0 heterocycles. The quantitative estimate of drug-likeness (QED) is 0.257. The lowest BCUT2D eigenvalue weighted by atomic mass is 10.0. The molecule has 0 aromatic heterocycles. The number of hydrogen-bond donors (Lipinski definition) is 1. The molecule has 0 amide bonds. The average molecular weight is 302 g/mol. The van der Waals surface area contributed by atoms with Crippen molar-refractivity contribution in [2.24, 2.45) is 0 Å². The van der Waals surface area contributed by atoms with Crippen LogP contribution in [0.2, 0.25) is 0 Å². The van der Waals surface area contributed by atoms with E-state index in [9.17, 15) is 0 Å². The maximum absolute atomic E-state index is 9.12. The highest BCUT2D eigenvalue weighted by molar-refractivity contribution is 7.17. The summed E-state index contributed by atoms with van der Waals surface area (Å²) >= 11 is 0. The number of rotatable bonds is 16. The van der Waals surface area contributed by atoms with Gasteiger partial charge in [0.2, 0.25) is 0 Å². The Kier molecular flexibility index (Phi) is 17.8. The summed E-state index contributed by atoms with van der Waals surface area (Å²) in [6.45, 7) is 2.28. The van der Waals surface area contributed by atoms with Gasteiger partial charge in [-0.15, -0.1) is 9.24 Å². The lowest BCUT2D eigenvalue weighted by Gasteiger charge is -2.04. The summed E-state index contributed by atoms with van der Waals surface area (Å²) in [5, 5.41) is 9.12. The van der Waals surface area contributed by atoms with E-state index in [1.807, 2.05) is 0 Å². The summed E-state index contributed by atoms with van der Waals surface area (Å²) in [6, 6.07) is 0. The van der Waals surface area contributed by atoms with E-state index in [4.69, 9.17) is 5.11 Å². The summed E-state index contributed by atoms with van der Waals surface area (Å²) in [6.07, 6.45) is 22.0. The van der Waals surface area contributed by atoms with E-state index < -0.39 is 0 Å². The van der Waals surface area contributed by atoms with Crippen molar-refractivity contribution < 1.29 is 5.11 Å². The summed E-state index contributed by atoms with van der Waals surface area (Å²) in [5.41, 5.74) is 0. The summed E-state index contributed by atoms with van der Waals surface area (Å²) in [7, 11) is 2.46. The van der Waals surface area contributed by atoms with E-state index in [1.165, 1.54) is 96.3 Å². The van der Waals surface area contributed by atoms with E-state index in [0.29, 0.717) is 0 Å². The van der Waals surface area contributed by atoms with Crippen LogP contribution in [-0.2, 0) is 0 Å². The van der Waals surface area contributed by atoms with E-state index in [1.54, 1.807) is 0 Å². The molecular formula is C18H39OP. The smallest absolute Gasteiger partial charge is 0.0673 e. The molecule has 122 valence electrons. The summed E-state index contributed by atoms with van der Waals surface area (Å²) in [5.74, 6) is -0.183. The highest BCUT2D eigenvalue weighted by atomic mass is 31.0. The molecule has 0 bridgehead atoms. The molecule has 0 spiro atoms. The summed E-state index contributed by atoms with van der Waals surface area (Å²) < 4.78 is 0. The maximum Gasteiger partial charge on any atom is 0.0673 e. The molecule has 0 aromatic rings. The lowest BCUT2D eigenvalue weighted by molar-refractivity contribution is 0.246. The molecule has 2 unspecified atom stereocenters. The van der Waals surface area contributed by atoms with E-state index in [2.05, 4.69) is 16.2 Å². The van der Waals surface area contributed by atoms with E-state index in [-0.39, 0.29) is 5.85 Å². The Morgan fingerprint density at radius 1 is 0.600 bits per heavy atom. The number of unbranched alkanes of at least 4 members (excludes halogenated alkanes) is 14. The second-order valence-corrected chi connectivity index (χ2v) is 7.08. The van der Waals surface area contributed by atoms with Crippen LogP contribution >= 0.6 is 9.24 Å². The molecule has 0 aliphatic rings. The number of aliphatic hydroxyl groups is 1. The van der Waals surface area contributed by atoms with Gasteiger partial charge in [0.15, 0.2) is 0 Å². The van der Waals surface area contributed by atoms with Gasteiger partial charge in [-0.1, -0.05) is 103 Å². The third kappa shape index (κ3) is 18.4. The van der Waals surface area contributed by atoms with E-state index in [0.717, 1.165) is 6.42 Å². The normalized spacial score (nSPS) is 12.8. The van der Waals surface area contributed by atoms with Crippen molar-refractivity contribution in [1.29, 1.82) is 0 Å². The Bertz CT molecular complexity index is 171. The molecule has 0 saturated carbocycles. The fraction of sp³-hybridized carbons (Fsp3) is 1.00. The fourth-order valence-corrected chi connectivity index (χ4v) is 2.96. The molecule has 0 rings (SSSR count). The third-order valence-electron chi connectivity index (χ3n) is 4.10. The third-order valence-corrected chi connectivity index (χ3v) is 4.44. The van der Waals surface area contributed by atoms with Crippen LogP contribution in [-0.4, -0.2) is 11.0 Å². The van der Waals surface area contributed by atoms with Gasteiger partial charge < -0.3 is 5.11 Å². The fourth-order valence-electron chi connectivity index (χ4n) is 2.72. The van der Waals surface area contributed by atoms with Gasteiger partial charge in [0, 0.05) is 0 Å². The number of hydrogen-bond acceptors (Lipinski definition) is 1. The van der Waals surface area contributed by atoms with Crippen LogP contribution in [0, 0.1) is 0 Å². The van der Waals surface area contributed by atoms with Crippen molar-refractivity contribution in [3.63, 3.8) is 0 Å². The highest BCUT2D eigenvalue weighted by Crippen LogP contribution is 2.14. The van der Waals surface area contributed by atoms with Gasteiger partial charge in [0.25, 0.3) is 0 Å². The molecule has 0 aromatic carbocycles. The van der Waals surface area contributed by atoms with Crippen molar-refractivity contribution in [3.05, 3.63) is 0 Å². The van der Waals surface area contributed by atoms with Crippen molar-refractivity contribution in [3.8, 4) is 0 Å². The monoisotopic (exact) mass is 302 g/mol. The molecule has 0 aliphatic carbocycles. The van der Waals surface area contributed by atoms with Gasteiger partial charge in [-0.2, -0.15) is 0 Å². The van der Waals surface area contributed by atoms with Crippen LogP contribution in [0.1, 0.15) is 110 Å². The van der Waals surface area contributed by atoms with Crippen molar-refractivity contribution in [2.75, 3.05) is 0 Å². The van der Waals surface area contributed by atoms with Crippen LogP contribution in [0.5, 0.6) is 0 Å². The van der Waals surface area contributed by atoms with Crippen LogP contribution in [0.15, 0.2) is 0 Å². The molecule has 0 aliphatic heterocycles. The molecule has 0 radical (unpaired) electrons. The van der Waals surface area contributed by atoms with Gasteiger partial charge in [0.1, 0.15) is 0 Å². The van der Waals surface area contributed by atoms with Crippen molar-refractivity contribution >= 4 is 9.24 Å². The molecular weight excluding hydrogens is 263 g/mol. The van der Waals surface area contributed by atoms with Gasteiger partial charge in [0.05, 0.1) is 5.85 Å². The standard InChI is InChI=1S/C18H39OP/c1-2-3-4-5-6-7-8-9-10-11-12-13-14-15-16-17-18(19)20/h18-19H,2-17,20H2,1H3. The molecule has 1 N–H and O–H groups in total. The second kappa shape index (κ2) is 17.4. The first-order chi connectivity index (χ1) is 9.77. The van der Waals surface area contributed by atoms with Gasteiger partial charge in [-0.25, -0.2) is 0 Å². The van der Waals surface area contributed by atoms with Crippen LogP contribution in [0.3, 0.4) is 0 Å². The predicted molar refractivity (Wildman–Crippen MR) is 95.3 cm³/mol. The van der Waals surface area contributed by atoms with Crippen molar-refractivity contribution in [1.82, 2.24) is 0 Å². The molecule has 0 fully saturated rings. The average Bonchev–Trinajstić information content (AvgIpc) is 2.43. The first-order valence-electron chi connectivity index (χ1n) is 9.21. The second-order valence-electron chi connectivity index (χ2n) is 6.31. The number of aliphatic hydroxyl groups excluding tert-OH is 1. The van der Waals surface area contributed by atoms with E-state index >= 15 is 0 Å². The van der Waals surface area contributed by atoms with Crippen LogP contribution in [0.4, 0.5) is 0 Å². The minimum atomic E-state index is -0.183. The Morgan fingerprint density at radius 3 is 1.20 bits per heavy atom. The van der Waals surface area contributed by atoms with Gasteiger partial charge in [-0.3, -0.25) is 0 Å². The van der Waals surface area contributed by atoms with Gasteiger partial charge in [-0.05, 0) is 6.42 Å². The molecule has 0 saturated heterocycles. The zero-order valence-corrected chi connectivity index (χ0v) is 15.1. The lowest BCUT2D eigenvalue weighted by Crippen LogP contribution is -1.93. The van der Waals surface area contributed by atoms with Crippen molar-refractivity contribution in [2.45, 2.75) is 116 Å². The van der Waals surface area contributed by atoms with Gasteiger partial charge >= 0.3 is 0 Å². The Morgan fingerprint density at radius 2 is 0.900 bits per heavy atom. The largest absolute Gasteiger partial charge is 0.389 e. The Labute approximate surface area is 130 Å². The molecule has 2 heteroatoms. The topological polar surface area (TPSA) is 20.2 Å². The summed E-state index contributed by atoms with van der Waals surface area (Å²) in [4.78, 5) is 0. The minimum Gasteiger partial charge on any atom is -0.389 e. The first-order valence-corrected chi connectivity index (χ1v) is 9.87. The van der Waals surface area contributed by atoms with Crippen LogP contribution < -0.4 is 0 Å². The zero-order chi connectivity index (χ0) is 14.9. The Hall–Kier alpha value is 0.390. The molecule has 2 atom stereocenters. The highest BCUT2D eigenvalue weighted by Gasteiger charge is 1.96. The Balaban J connectivity index is 2.92. The minimum absolute atomic E-state index is 0.183. The zero-order valence-electron chi connectivity index (χ0n) is 13.9. The predicted octanol–water partition coefficient (Wildman–Crippen LogP) is 6.44. The SMILES string of the molecule is CCCCCCCCCCCCCCCCCC(O)P. The first kappa shape index (κ1) is 20.4. The van der Waals surface area contributed by atoms with Crippen LogP contribution in [0.25, 0.3) is 0 Å².